The van der Waals surface area contributed by atoms with Crippen LogP contribution in [0.2, 0.25) is 0 Å². The van der Waals surface area contributed by atoms with E-state index in [-0.39, 0.29) is 0 Å². The van der Waals surface area contributed by atoms with Crippen LogP contribution in [0.5, 0.6) is 0 Å². The number of anilines is 1. The molecule has 1 heterocycles. The Morgan fingerprint density at radius 1 is 1.05 bits per heavy atom. The van der Waals surface area contributed by atoms with Crippen LogP contribution in [0.1, 0.15) is 51.0 Å². The summed E-state index contributed by atoms with van der Waals surface area (Å²) in [6.45, 7) is 6.90. The van der Waals surface area contributed by atoms with Gasteiger partial charge in [0, 0.05) is 30.7 Å². The first-order chi connectivity index (χ1) is 9.81. The molecular formula is C18H28N2. The van der Waals surface area contributed by atoms with E-state index >= 15 is 0 Å². The Bertz CT molecular complexity index is 410. The van der Waals surface area contributed by atoms with Crippen molar-refractivity contribution in [3.63, 3.8) is 0 Å². The van der Waals surface area contributed by atoms with Gasteiger partial charge in [-0.15, -0.1) is 0 Å². The monoisotopic (exact) mass is 272 g/mol. The third kappa shape index (κ3) is 3.01. The van der Waals surface area contributed by atoms with Crippen molar-refractivity contribution >= 4 is 5.69 Å². The number of hydrogen-bond donors (Lipinski definition) is 1. The van der Waals surface area contributed by atoms with E-state index in [1.54, 1.807) is 0 Å². The largest absolute Gasteiger partial charge is 0.370 e. The SMILES string of the molecule is CCCNCc1ccc(N2CC3(CCCCC3)C2)cc1. The van der Waals surface area contributed by atoms with Gasteiger partial charge in [0.2, 0.25) is 0 Å². The summed E-state index contributed by atoms with van der Waals surface area (Å²) in [7, 11) is 0. The summed E-state index contributed by atoms with van der Waals surface area (Å²) in [4.78, 5) is 2.56. The first kappa shape index (κ1) is 13.9. The van der Waals surface area contributed by atoms with Crippen LogP contribution in [0, 0.1) is 5.41 Å². The lowest BCUT2D eigenvalue weighted by molar-refractivity contribution is 0.139. The van der Waals surface area contributed by atoms with Gasteiger partial charge in [0.15, 0.2) is 0 Å². The second-order valence-corrected chi connectivity index (χ2v) is 6.76. The fourth-order valence-corrected chi connectivity index (χ4v) is 3.80. The first-order valence-electron chi connectivity index (χ1n) is 8.36. The van der Waals surface area contributed by atoms with Crippen molar-refractivity contribution in [3.8, 4) is 0 Å². The van der Waals surface area contributed by atoms with Crippen LogP contribution in [-0.4, -0.2) is 19.6 Å². The van der Waals surface area contributed by atoms with E-state index in [9.17, 15) is 0 Å². The third-order valence-corrected chi connectivity index (χ3v) is 5.02. The van der Waals surface area contributed by atoms with Crippen molar-refractivity contribution in [3.05, 3.63) is 29.8 Å². The van der Waals surface area contributed by atoms with Gasteiger partial charge in [0.25, 0.3) is 0 Å². The molecule has 1 aliphatic heterocycles. The minimum Gasteiger partial charge on any atom is -0.370 e. The molecular weight excluding hydrogens is 244 g/mol. The van der Waals surface area contributed by atoms with Crippen LogP contribution < -0.4 is 10.2 Å². The molecule has 1 saturated carbocycles. The van der Waals surface area contributed by atoms with Gasteiger partial charge in [0.1, 0.15) is 0 Å². The van der Waals surface area contributed by atoms with Gasteiger partial charge in [-0.05, 0) is 43.5 Å². The van der Waals surface area contributed by atoms with Gasteiger partial charge in [0.05, 0.1) is 0 Å². The normalized spacial score (nSPS) is 20.9. The summed E-state index contributed by atoms with van der Waals surface area (Å²) in [6.07, 6.45) is 8.49. The Morgan fingerprint density at radius 3 is 2.40 bits per heavy atom. The maximum atomic E-state index is 3.46. The van der Waals surface area contributed by atoms with Crippen LogP contribution in [-0.2, 0) is 6.54 Å². The molecule has 1 N–H and O–H groups in total. The molecule has 1 aromatic rings. The standard InChI is InChI=1S/C18H28N2/c1-2-12-19-13-16-6-8-17(9-7-16)20-14-18(15-20)10-4-3-5-11-18/h6-9,19H,2-5,10-15H2,1H3. The van der Waals surface area contributed by atoms with E-state index in [1.807, 2.05) is 0 Å². The van der Waals surface area contributed by atoms with E-state index in [0.717, 1.165) is 13.1 Å². The Labute approximate surface area is 123 Å². The van der Waals surface area contributed by atoms with Crippen molar-refractivity contribution in [1.82, 2.24) is 5.32 Å². The molecule has 0 unspecified atom stereocenters. The van der Waals surface area contributed by atoms with E-state index in [0.29, 0.717) is 5.41 Å². The Balaban J connectivity index is 1.51. The molecule has 0 radical (unpaired) electrons. The molecule has 1 spiro atoms. The molecule has 2 nitrogen and oxygen atoms in total. The topological polar surface area (TPSA) is 15.3 Å². The van der Waals surface area contributed by atoms with Crippen molar-refractivity contribution in [2.45, 2.75) is 52.0 Å². The summed E-state index contributed by atoms with van der Waals surface area (Å²) in [5.41, 5.74) is 3.50. The van der Waals surface area contributed by atoms with Crippen molar-refractivity contribution in [1.29, 1.82) is 0 Å². The second kappa shape index (κ2) is 6.17. The van der Waals surface area contributed by atoms with Crippen LogP contribution >= 0.6 is 0 Å². The highest BCUT2D eigenvalue weighted by molar-refractivity contribution is 5.51. The highest BCUT2D eigenvalue weighted by atomic mass is 15.2. The van der Waals surface area contributed by atoms with Crippen molar-refractivity contribution in [2.24, 2.45) is 5.41 Å². The highest BCUT2D eigenvalue weighted by Crippen LogP contribution is 2.45. The summed E-state index contributed by atoms with van der Waals surface area (Å²) >= 11 is 0. The van der Waals surface area contributed by atoms with E-state index in [2.05, 4.69) is 41.4 Å². The number of benzene rings is 1. The zero-order chi connectivity index (χ0) is 13.8. The molecule has 0 aromatic heterocycles. The van der Waals surface area contributed by atoms with Crippen molar-refractivity contribution < 1.29 is 0 Å². The predicted octanol–water partition coefficient (Wildman–Crippen LogP) is 3.96. The van der Waals surface area contributed by atoms with Crippen LogP contribution in [0.15, 0.2) is 24.3 Å². The fourth-order valence-electron chi connectivity index (χ4n) is 3.80. The van der Waals surface area contributed by atoms with Gasteiger partial charge < -0.3 is 10.2 Å². The molecule has 0 amide bonds. The minimum absolute atomic E-state index is 0.680. The lowest BCUT2D eigenvalue weighted by Crippen LogP contribution is -2.57. The van der Waals surface area contributed by atoms with E-state index < -0.39 is 0 Å². The molecule has 110 valence electrons. The number of nitrogens with zero attached hydrogens (tertiary/aromatic N) is 1. The van der Waals surface area contributed by atoms with Crippen LogP contribution in [0.4, 0.5) is 5.69 Å². The maximum absolute atomic E-state index is 3.46. The first-order valence-corrected chi connectivity index (χ1v) is 8.36. The van der Waals surface area contributed by atoms with Crippen LogP contribution in [0.3, 0.4) is 0 Å². The molecule has 1 saturated heterocycles. The van der Waals surface area contributed by atoms with E-state index in [4.69, 9.17) is 0 Å². The quantitative estimate of drug-likeness (QED) is 0.816. The average molecular weight is 272 g/mol. The maximum Gasteiger partial charge on any atom is 0.0366 e. The van der Waals surface area contributed by atoms with E-state index in [1.165, 1.54) is 62.9 Å². The molecule has 1 aliphatic carbocycles. The molecule has 0 atom stereocenters. The Kier molecular flexibility index (Phi) is 4.30. The number of hydrogen-bond acceptors (Lipinski definition) is 2. The van der Waals surface area contributed by atoms with Crippen LogP contribution in [0.25, 0.3) is 0 Å². The lowest BCUT2D eigenvalue weighted by atomic mass is 9.68. The fraction of sp³-hybridized carbons (Fsp3) is 0.667. The zero-order valence-electron chi connectivity index (χ0n) is 12.8. The van der Waals surface area contributed by atoms with Crippen molar-refractivity contribution in [2.75, 3.05) is 24.5 Å². The summed E-state index contributed by atoms with van der Waals surface area (Å²) in [5, 5.41) is 3.46. The highest BCUT2D eigenvalue weighted by Gasteiger charge is 2.43. The predicted molar refractivity (Wildman–Crippen MR) is 86.2 cm³/mol. The Morgan fingerprint density at radius 2 is 1.75 bits per heavy atom. The third-order valence-electron chi connectivity index (χ3n) is 5.02. The number of nitrogens with one attached hydrogen (secondary N) is 1. The Hall–Kier alpha value is -1.02. The second-order valence-electron chi connectivity index (χ2n) is 6.76. The van der Waals surface area contributed by atoms with Gasteiger partial charge in [-0.25, -0.2) is 0 Å². The molecule has 3 rings (SSSR count). The van der Waals surface area contributed by atoms with Gasteiger partial charge in [-0.3, -0.25) is 0 Å². The van der Waals surface area contributed by atoms with Gasteiger partial charge in [-0.1, -0.05) is 38.3 Å². The summed E-state index contributed by atoms with van der Waals surface area (Å²) in [5.74, 6) is 0. The summed E-state index contributed by atoms with van der Waals surface area (Å²) in [6, 6.07) is 9.17. The number of rotatable bonds is 5. The molecule has 0 bridgehead atoms. The summed E-state index contributed by atoms with van der Waals surface area (Å²) < 4.78 is 0. The zero-order valence-corrected chi connectivity index (χ0v) is 12.8. The molecule has 2 heteroatoms. The molecule has 2 fully saturated rings. The molecule has 2 aliphatic rings. The lowest BCUT2D eigenvalue weighted by Gasteiger charge is -2.53. The molecule has 1 aromatic carbocycles. The smallest absolute Gasteiger partial charge is 0.0366 e. The van der Waals surface area contributed by atoms with Gasteiger partial charge >= 0.3 is 0 Å². The molecule has 20 heavy (non-hydrogen) atoms. The average Bonchev–Trinajstić information content (AvgIpc) is 2.47. The minimum atomic E-state index is 0.680. The van der Waals surface area contributed by atoms with Gasteiger partial charge in [-0.2, -0.15) is 0 Å².